The van der Waals surface area contributed by atoms with Gasteiger partial charge in [0.1, 0.15) is 0 Å². The van der Waals surface area contributed by atoms with Gasteiger partial charge in [-0.3, -0.25) is 0 Å². The van der Waals surface area contributed by atoms with E-state index in [1.807, 2.05) is 23.6 Å². The molecule has 1 aromatic heterocycles. The summed E-state index contributed by atoms with van der Waals surface area (Å²) in [7, 11) is 0. The Labute approximate surface area is 104 Å². The van der Waals surface area contributed by atoms with Crippen molar-refractivity contribution in [2.45, 2.75) is 13.0 Å². The Morgan fingerprint density at radius 2 is 2.31 bits per heavy atom. The number of nitrogens with one attached hydrogen (secondary N) is 1. The number of aromatic nitrogens is 2. The van der Waals surface area contributed by atoms with E-state index in [-0.39, 0.29) is 0 Å². The lowest BCUT2D eigenvalue weighted by atomic mass is 10.1. The highest BCUT2D eigenvalue weighted by Crippen LogP contribution is 2.10. The molecule has 2 aromatic rings. The molecule has 0 radical (unpaired) electrons. The third-order valence-corrected chi connectivity index (χ3v) is 2.98. The quantitative estimate of drug-likeness (QED) is 0.833. The molecule has 0 saturated carbocycles. The molecule has 1 N–H and O–H groups in total. The zero-order valence-corrected chi connectivity index (χ0v) is 10.3. The molecule has 3 nitrogen and oxygen atoms in total. The third-order valence-electron chi connectivity index (χ3n) is 2.19. The summed E-state index contributed by atoms with van der Waals surface area (Å²) in [5.41, 5.74) is 2.24. The maximum atomic E-state index is 5.90. The van der Waals surface area contributed by atoms with Crippen molar-refractivity contribution in [2.24, 2.45) is 0 Å². The van der Waals surface area contributed by atoms with Crippen molar-refractivity contribution in [1.29, 1.82) is 0 Å². The molecule has 2 rings (SSSR count). The summed E-state index contributed by atoms with van der Waals surface area (Å²) >= 11 is 7.28. The normalized spacial score (nSPS) is 10.6. The van der Waals surface area contributed by atoms with Crippen molar-refractivity contribution in [1.82, 2.24) is 14.9 Å². The molecule has 1 heterocycles. The molecule has 16 heavy (non-hydrogen) atoms. The SMILES string of the molecule is Clc1cccc(CCNCc2csnn2)c1. The Morgan fingerprint density at radius 3 is 3.06 bits per heavy atom. The van der Waals surface area contributed by atoms with E-state index in [1.165, 1.54) is 17.1 Å². The second kappa shape index (κ2) is 5.94. The fraction of sp³-hybridized carbons (Fsp3) is 0.273. The van der Waals surface area contributed by atoms with Crippen molar-refractivity contribution in [3.8, 4) is 0 Å². The van der Waals surface area contributed by atoms with Gasteiger partial charge in [0.25, 0.3) is 0 Å². The molecule has 0 spiro atoms. The number of nitrogens with zero attached hydrogens (tertiary/aromatic N) is 2. The van der Waals surface area contributed by atoms with Crippen LogP contribution < -0.4 is 5.32 Å². The Bertz CT molecular complexity index is 431. The van der Waals surface area contributed by atoms with Gasteiger partial charge in [0, 0.05) is 16.9 Å². The molecule has 0 amide bonds. The topological polar surface area (TPSA) is 37.8 Å². The molecule has 0 aliphatic rings. The Kier molecular flexibility index (Phi) is 4.27. The summed E-state index contributed by atoms with van der Waals surface area (Å²) in [5, 5.41) is 10.0. The molecule has 5 heteroatoms. The van der Waals surface area contributed by atoms with E-state index in [0.717, 1.165) is 30.2 Å². The lowest BCUT2D eigenvalue weighted by Gasteiger charge is -2.03. The first-order chi connectivity index (χ1) is 7.84. The van der Waals surface area contributed by atoms with E-state index in [1.54, 1.807) is 0 Å². The van der Waals surface area contributed by atoms with Crippen LogP contribution in [0.2, 0.25) is 5.02 Å². The zero-order chi connectivity index (χ0) is 11.2. The molecule has 0 saturated heterocycles. The third kappa shape index (κ3) is 3.56. The van der Waals surface area contributed by atoms with Gasteiger partial charge in [-0.25, -0.2) is 0 Å². The summed E-state index contributed by atoms with van der Waals surface area (Å²) in [6.45, 7) is 1.69. The van der Waals surface area contributed by atoms with Crippen LogP contribution in [-0.2, 0) is 13.0 Å². The number of rotatable bonds is 5. The van der Waals surface area contributed by atoms with Crippen molar-refractivity contribution < 1.29 is 0 Å². The van der Waals surface area contributed by atoms with Crippen LogP contribution in [0.3, 0.4) is 0 Å². The van der Waals surface area contributed by atoms with E-state index in [2.05, 4.69) is 21.0 Å². The van der Waals surface area contributed by atoms with Crippen LogP contribution in [0.4, 0.5) is 0 Å². The average Bonchev–Trinajstić information content (AvgIpc) is 2.77. The van der Waals surface area contributed by atoms with Gasteiger partial charge >= 0.3 is 0 Å². The van der Waals surface area contributed by atoms with E-state index >= 15 is 0 Å². The molecule has 0 aliphatic carbocycles. The predicted octanol–water partition coefficient (Wildman–Crippen LogP) is 2.52. The van der Waals surface area contributed by atoms with Gasteiger partial charge in [0.15, 0.2) is 0 Å². The molecule has 0 bridgehead atoms. The molecule has 1 aromatic carbocycles. The van der Waals surface area contributed by atoms with Gasteiger partial charge in [0.05, 0.1) is 5.69 Å². The predicted molar refractivity (Wildman–Crippen MR) is 66.8 cm³/mol. The minimum absolute atomic E-state index is 0.775. The fourth-order valence-electron chi connectivity index (χ4n) is 1.40. The number of hydrogen-bond donors (Lipinski definition) is 1. The van der Waals surface area contributed by atoms with Crippen LogP contribution in [0, 0.1) is 0 Å². The maximum Gasteiger partial charge on any atom is 0.0893 e. The fourth-order valence-corrected chi connectivity index (χ4v) is 2.07. The number of hydrogen-bond acceptors (Lipinski definition) is 4. The zero-order valence-electron chi connectivity index (χ0n) is 8.69. The van der Waals surface area contributed by atoms with Gasteiger partial charge in [-0.05, 0) is 42.2 Å². The molecule has 0 unspecified atom stereocenters. The highest BCUT2D eigenvalue weighted by atomic mass is 35.5. The van der Waals surface area contributed by atoms with Gasteiger partial charge in [-0.15, -0.1) is 5.10 Å². The van der Waals surface area contributed by atoms with Crippen molar-refractivity contribution in [3.05, 3.63) is 45.9 Å². The summed E-state index contributed by atoms with van der Waals surface area (Å²) in [5.74, 6) is 0. The summed E-state index contributed by atoms with van der Waals surface area (Å²) < 4.78 is 3.80. The van der Waals surface area contributed by atoms with Gasteiger partial charge in [-0.1, -0.05) is 28.2 Å². The monoisotopic (exact) mass is 253 g/mol. The summed E-state index contributed by atoms with van der Waals surface area (Å²) in [4.78, 5) is 0. The van der Waals surface area contributed by atoms with Crippen LogP contribution in [0.15, 0.2) is 29.6 Å². The van der Waals surface area contributed by atoms with E-state index in [4.69, 9.17) is 11.6 Å². The highest BCUT2D eigenvalue weighted by molar-refractivity contribution is 7.03. The van der Waals surface area contributed by atoms with Gasteiger partial charge < -0.3 is 5.32 Å². The van der Waals surface area contributed by atoms with Gasteiger partial charge in [0.2, 0.25) is 0 Å². The van der Waals surface area contributed by atoms with E-state index in [9.17, 15) is 0 Å². The summed E-state index contributed by atoms with van der Waals surface area (Å²) in [6, 6.07) is 7.94. The summed E-state index contributed by atoms with van der Waals surface area (Å²) in [6.07, 6.45) is 0.970. The molecular weight excluding hydrogens is 242 g/mol. The highest BCUT2D eigenvalue weighted by Gasteiger charge is 1.97. The van der Waals surface area contributed by atoms with Crippen molar-refractivity contribution in [3.63, 3.8) is 0 Å². The smallest absolute Gasteiger partial charge is 0.0893 e. The Hall–Kier alpha value is -0.970. The molecule has 84 valence electrons. The lowest BCUT2D eigenvalue weighted by molar-refractivity contribution is 0.673. The second-order valence-electron chi connectivity index (χ2n) is 3.45. The van der Waals surface area contributed by atoms with Crippen LogP contribution in [-0.4, -0.2) is 16.1 Å². The molecule has 0 aliphatic heterocycles. The molecular formula is C11H12ClN3S. The average molecular weight is 254 g/mol. The first-order valence-corrected chi connectivity index (χ1v) is 6.27. The number of halogens is 1. The van der Waals surface area contributed by atoms with Crippen LogP contribution in [0.5, 0.6) is 0 Å². The molecule has 0 atom stereocenters. The first-order valence-electron chi connectivity index (χ1n) is 5.06. The van der Waals surface area contributed by atoms with Crippen molar-refractivity contribution >= 4 is 23.1 Å². The standard InChI is InChI=1S/C11H12ClN3S/c12-10-3-1-2-9(6-10)4-5-13-7-11-8-16-15-14-11/h1-3,6,8,13H,4-5,7H2. The molecule has 0 fully saturated rings. The Balaban J connectivity index is 1.72. The van der Waals surface area contributed by atoms with E-state index in [0.29, 0.717) is 0 Å². The first kappa shape index (κ1) is 11.5. The number of benzene rings is 1. The van der Waals surface area contributed by atoms with Crippen LogP contribution >= 0.6 is 23.1 Å². The minimum atomic E-state index is 0.775. The van der Waals surface area contributed by atoms with E-state index < -0.39 is 0 Å². The van der Waals surface area contributed by atoms with Gasteiger partial charge in [-0.2, -0.15) is 0 Å². The van der Waals surface area contributed by atoms with Crippen LogP contribution in [0.25, 0.3) is 0 Å². The van der Waals surface area contributed by atoms with Crippen molar-refractivity contribution in [2.75, 3.05) is 6.54 Å². The lowest BCUT2D eigenvalue weighted by Crippen LogP contribution is -2.16. The maximum absolute atomic E-state index is 5.90. The van der Waals surface area contributed by atoms with Crippen LogP contribution in [0.1, 0.15) is 11.3 Å². The Morgan fingerprint density at radius 1 is 1.38 bits per heavy atom. The second-order valence-corrected chi connectivity index (χ2v) is 4.50. The minimum Gasteiger partial charge on any atom is -0.311 e. The largest absolute Gasteiger partial charge is 0.311 e.